The molecule has 0 fully saturated rings. The maximum absolute atomic E-state index is 12.5. The van der Waals surface area contributed by atoms with E-state index in [0.717, 1.165) is 0 Å². The summed E-state index contributed by atoms with van der Waals surface area (Å²) in [6.07, 6.45) is -0.571. The third-order valence-corrected chi connectivity index (χ3v) is 5.42. The molecule has 0 saturated carbocycles. The molecule has 0 atom stereocenters. The molecular weight excluding hydrogens is 434 g/mol. The smallest absolute Gasteiger partial charge is 0.407 e. The highest BCUT2D eigenvalue weighted by atomic mass is 32.2. The fraction of sp³-hybridized carbons (Fsp3) is 0.318. The third-order valence-electron chi connectivity index (χ3n) is 4.07. The highest BCUT2D eigenvalue weighted by molar-refractivity contribution is 7.90. The number of carbonyl (C=O) groups excluding carboxylic acids is 3. The zero-order valence-electron chi connectivity index (χ0n) is 18.4. The summed E-state index contributed by atoms with van der Waals surface area (Å²) >= 11 is 0. The third kappa shape index (κ3) is 7.38. The Morgan fingerprint density at radius 2 is 1.41 bits per heavy atom. The number of carbonyl (C=O) groups is 3. The van der Waals surface area contributed by atoms with Gasteiger partial charge >= 0.3 is 6.09 Å². The second-order valence-electron chi connectivity index (χ2n) is 7.93. The Bertz CT molecular complexity index is 1070. The summed E-state index contributed by atoms with van der Waals surface area (Å²) in [4.78, 5) is 35.8. The van der Waals surface area contributed by atoms with Crippen LogP contribution in [0, 0.1) is 0 Å². The van der Waals surface area contributed by atoms with Gasteiger partial charge in [0, 0.05) is 23.2 Å². The molecule has 0 aliphatic rings. The minimum absolute atomic E-state index is 0.0936. The van der Waals surface area contributed by atoms with Crippen LogP contribution in [0.2, 0.25) is 0 Å². The summed E-state index contributed by atoms with van der Waals surface area (Å²) in [6, 6.07) is 11.4. The molecule has 0 bridgehead atoms. The predicted molar refractivity (Wildman–Crippen MR) is 119 cm³/mol. The minimum Gasteiger partial charge on any atom is -0.450 e. The second-order valence-corrected chi connectivity index (χ2v) is 9.62. The van der Waals surface area contributed by atoms with Gasteiger partial charge in [-0.25, -0.2) is 17.9 Å². The number of ether oxygens (including phenoxy) is 1. The Labute approximate surface area is 187 Å². The standard InChI is InChI=1S/C22H27N3O6S/c1-5-31-21(28)23-14-15-6-12-18(13-7-15)32(29,30)25-20(27)17-10-8-16(9-11-17)19(26)24-22(2,3)4/h6-13H,5,14H2,1-4H3,(H,23,28)(H,24,26)(H,25,27). The first-order valence-electron chi connectivity index (χ1n) is 9.90. The largest absolute Gasteiger partial charge is 0.450 e. The molecule has 0 aromatic heterocycles. The van der Waals surface area contributed by atoms with Crippen molar-refractivity contribution in [1.82, 2.24) is 15.4 Å². The number of nitrogens with one attached hydrogen (secondary N) is 3. The highest BCUT2D eigenvalue weighted by Crippen LogP contribution is 2.13. The molecule has 3 N–H and O–H groups in total. The first-order chi connectivity index (χ1) is 14.9. The van der Waals surface area contributed by atoms with Gasteiger partial charge in [-0.3, -0.25) is 9.59 Å². The van der Waals surface area contributed by atoms with Gasteiger partial charge in [0.25, 0.3) is 21.8 Å². The first kappa shape index (κ1) is 24.9. The van der Waals surface area contributed by atoms with Crippen LogP contribution < -0.4 is 15.4 Å². The molecule has 2 aromatic carbocycles. The maximum Gasteiger partial charge on any atom is 0.407 e. The summed E-state index contributed by atoms with van der Waals surface area (Å²) in [5, 5.41) is 5.33. The van der Waals surface area contributed by atoms with Gasteiger partial charge in [-0.15, -0.1) is 0 Å². The Kier molecular flexibility index (Phi) is 7.98. The molecule has 2 aromatic rings. The van der Waals surface area contributed by atoms with Crippen LogP contribution in [0.15, 0.2) is 53.4 Å². The molecule has 9 nitrogen and oxygen atoms in total. The Morgan fingerprint density at radius 3 is 1.91 bits per heavy atom. The van der Waals surface area contributed by atoms with Gasteiger partial charge in [0.15, 0.2) is 0 Å². The van der Waals surface area contributed by atoms with E-state index in [4.69, 9.17) is 4.74 Å². The average molecular weight is 462 g/mol. The Hall–Kier alpha value is -3.40. The summed E-state index contributed by atoms with van der Waals surface area (Å²) < 4.78 is 31.8. The van der Waals surface area contributed by atoms with Gasteiger partial charge in [0.2, 0.25) is 0 Å². The van der Waals surface area contributed by atoms with Crippen molar-refractivity contribution in [2.75, 3.05) is 6.61 Å². The number of rotatable bonds is 7. The van der Waals surface area contributed by atoms with Crippen LogP contribution >= 0.6 is 0 Å². The van der Waals surface area contributed by atoms with E-state index in [2.05, 4.69) is 10.6 Å². The molecule has 0 unspecified atom stereocenters. The van der Waals surface area contributed by atoms with Crippen molar-refractivity contribution in [1.29, 1.82) is 0 Å². The number of alkyl carbamates (subject to hydrolysis) is 1. The Morgan fingerprint density at radius 1 is 0.875 bits per heavy atom. The van der Waals surface area contributed by atoms with E-state index in [1.54, 1.807) is 6.92 Å². The average Bonchev–Trinajstić information content (AvgIpc) is 2.71. The lowest BCUT2D eigenvalue weighted by Crippen LogP contribution is -2.40. The fourth-order valence-corrected chi connectivity index (χ4v) is 3.54. The molecule has 172 valence electrons. The van der Waals surface area contributed by atoms with Gasteiger partial charge in [-0.2, -0.15) is 0 Å². The van der Waals surface area contributed by atoms with E-state index in [9.17, 15) is 22.8 Å². The number of hydrogen-bond donors (Lipinski definition) is 3. The van der Waals surface area contributed by atoms with Gasteiger partial charge in [-0.1, -0.05) is 12.1 Å². The van der Waals surface area contributed by atoms with Crippen molar-refractivity contribution in [3.63, 3.8) is 0 Å². The number of amides is 3. The predicted octanol–water partition coefficient (Wildman–Crippen LogP) is 2.58. The lowest BCUT2D eigenvalue weighted by molar-refractivity contribution is 0.0917. The van der Waals surface area contributed by atoms with Crippen LogP contribution in [-0.2, 0) is 21.3 Å². The maximum atomic E-state index is 12.5. The van der Waals surface area contributed by atoms with Gasteiger partial charge in [0.1, 0.15) is 0 Å². The number of hydrogen-bond acceptors (Lipinski definition) is 6. The lowest BCUT2D eigenvalue weighted by Gasteiger charge is -2.20. The quantitative estimate of drug-likeness (QED) is 0.581. The van der Waals surface area contributed by atoms with Crippen LogP contribution in [0.1, 0.15) is 54.0 Å². The van der Waals surface area contributed by atoms with Crippen LogP contribution in [-0.4, -0.2) is 38.5 Å². The highest BCUT2D eigenvalue weighted by Gasteiger charge is 2.20. The monoisotopic (exact) mass is 461 g/mol. The molecular formula is C22H27N3O6S. The van der Waals surface area contributed by atoms with E-state index < -0.39 is 27.6 Å². The van der Waals surface area contributed by atoms with E-state index in [-0.39, 0.29) is 29.5 Å². The van der Waals surface area contributed by atoms with Crippen molar-refractivity contribution < 1.29 is 27.5 Å². The van der Waals surface area contributed by atoms with E-state index in [1.807, 2.05) is 25.5 Å². The van der Waals surface area contributed by atoms with Crippen molar-refractivity contribution in [2.45, 2.75) is 44.7 Å². The lowest BCUT2D eigenvalue weighted by atomic mass is 10.1. The van der Waals surface area contributed by atoms with Gasteiger partial charge < -0.3 is 15.4 Å². The molecule has 0 aliphatic heterocycles. The van der Waals surface area contributed by atoms with Crippen molar-refractivity contribution in [2.24, 2.45) is 0 Å². The molecule has 0 spiro atoms. The summed E-state index contributed by atoms with van der Waals surface area (Å²) in [5.41, 5.74) is 0.695. The van der Waals surface area contributed by atoms with Crippen LogP contribution in [0.4, 0.5) is 4.79 Å². The zero-order valence-corrected chi connectivity index (χ0v) is 19.2. The molecule has 0 radical (unpaired) electrons. The molecule has 32 heavy (non-hydrogen) atoms. The van der Waals surface area contributed by atoms with Crippen LogP contribution in [0.5, 0.6) is 0 Å². The van der Waals surface area contributed by atoms with Crippen LogP contribution in [0.25, 0.3) is 0 Å². The van der Waals surface area contributed by atoms with E-state index in [1.165, 1.54) is 48.5 Å². The van der Waals surface area contributed by atoms with Gasteiger partial charge in [0.05, 0.1) is 11.5 Å². The van der Waals surface area contributed by atoms with E-state index >= 15 is 0 Å². The first-order valence-corrected chi connectivity index (χ1v) is 11.4. The zero-order chi connectivity index (χ0) is 23.9. The minimum atomic E-state index is -4.11. The van der Waals surface area contributed by atoms with Crippen molar-refractivity contribution in [3.8, 4) is 0 Å². The molecule has 0 heterocycles. The second kappa shape index (κ2) is 10.3. The molecule has 2 rings (SSSR count). The summed E-state index contributed by atoms with van der Waals surface area (Å²) in [6.45, 7) is 7.64. The topological polar surface area (TPSA) is 131 Å². The number of sulfonamides is 1. The van der Waals surface area contributed by atoms with E-state index in [0.29, 0.717) is 11.1 Å². The number of benzene rings is 2. The molecule has 3 amide bonds. The fourth-order valence-electron chi connectivity index (χ4n) is 2.57. The summed E-state index contributed by atoms with van der Waals surface area (Å²) in [7, 11) is -4.11. The normalized spacial score (nSPS) is 11.4. The SMILES string of the molecule is CCOC(=O)NCc1ccc(S(=O)(=O)NC(=O)c2ccc(C(=O)NC(C)(C)C)cc2)cc1. The van der Waals surface area contributed by atoms with Crippen molar-refractivity contribution in [3.05, 3.63) is 65.2 Å². The summed E-state index contributed by atoms with van der Waals surface area (Å²) in [5.74, 6) is -1.12. The molecule has 10 heteroatoms. The molecule has 0 aliphatic carbocycles. The van der Waals surface area contributed by atoms with Crippen LogP contribution in [0.3, 0.4) is 0 Å². The Balaban J connectivity index is 2.02. The van der Waals surface area contributed by atoms with Gasteiger partial charge in [-0.05, 0) is 69.7 Å². The molecule has 0 saturated heterocycles. The van der Waals surface area contributed by atoms with Crippen molar-refractivity contribution >= 4 is 27.9 Å².